The van der Waals surface area contributed by atoms with Crippen LogP contribution in [0.1, 0.15) is 36.3 Å². The Hall–Kier alpha value is -2.68. The number of amides is 1. The van der Waals surface area contributed by atoms with E-state index in [9.17, 15) is 4.79 Å². The van der Waals surface area contributed by atoms with Crippen LogP contribution in [-0.2, 0) is 0 Å². The highest BCUT2D eigenvalue weighted by molar-refractivity contribution is 6.04. The van der Waals surface area contributed by atoms with Crippen LogP contribution in [0.25, 0.3) is 22.0 Å². The molecule has 0 aliphatic rings. The molecule has 0 unspecified atom stereocenters. The monoisotopic (exact) mass is 318 g/mol. The van der Waals surface area contributed by atoms with Crippen molar-refractivity contribution in [2.75, 3.05) is 0 Å². The predicted molar refractivity (Wildman–Crippen MR) is 99.1 cm³/mol. The van der Waals surface area contributed by atoms with Gasteiger partial charge in [-0.15, -0.1) is 0 Å². The van der Waals surface area contributed by atoms with Gasteiger partial charge in [0.1, 0.15) is 5.69 Å². The van der Waals surface area contributed by atoms with E-state index in [1.165, 1.54) is 0 Å². The van der Waals surface area contributed by atoms with Crippen LogP contribution in [0, 0.1) is 6.92 Å². The summed E-state index contributed by atoms with van der Waals surface area (Å²) in [5, 5.41) is 5.17. The van der Waals surface area contributed by atoms with Crippen LogP contribution in [-0.4, -0.2) is 16.9 Å². The Morgan fingerprint density at radius 3 is 2.33 bits per heavy atom. The molecule has 3 nitrogen and oxygen atoms in total. The Bertz CT molecular complexity index is 872. The number of aryl methyl sites for hydroxylation is 1. The summed E-state index contributed by atoms with van der Waals surface area (Å²) < 4.78 is 0. The molecule has 1 amide bonds. The Balaban J connectivity index is 2.21. The SMILES string of the molecule is CC[C@@H](C)NC(=O)c1nc(-c2ccccc2)c2ccccc2c1C. The number of nitrogens with zero attached hydrogens (tertiary/aromatic N) is 1. The lowest BCUT2D eigenvalue weighted by Crippen LogP contribution is -2.33. The van der Waals surface area contributed by atoms with E-state index in [-0.39, 0.29) is 11.9 Å². The van der Waals surface area contributed by atoms with Crippen LogP contribution in [0.2, 0.25) is 0 Å². The molecule has 1 aromatic heterocycles. The van der Waals surface area contributed by atoms with Gasteiger partial charge in [-0.2, -0.15) is 0 Å². The van der Waals surface area contributed by atoms with Crippen molar-refractivity contribution in [2.24, 2.45) is 0 Å². The molecule has 3 rings (SSSR count). The predicted octanol–water partition coefficient (Wildman–Crippen LogP) is 4.74. The summed E-state index contributed by atoms with van der Waals surface area (Å²) in [6.07, 6.45) is 0.893. The van der Waals surface area contributed by atoms with E-state index in [0.29, 0.717) is 5.69 Å². The number of hydrogen-bond acceptors (Lipinski definition) is 2. The first-order chi connectivity index (χ1) is 11.6. The number of nitrogens with one attached hydrogen (secondary N) is 1. The summed E-state index contributed by atoms with van der Waals surface area (Å²) in [6, 6.07) is 18.3. The topological polar surface area (TPSA) is 42.0 Å². The average molecular weight is 318 g/mol. The van der Waals surface area contributed by atoms with Crippen LogP contribution in [0.5, 0.6) is 0 Å². The smallest absolute Gasteiger partial charge is 0.270 e. The zero-order valence-corrected chi connectivity index (χ0v) is 14.3. The number of fused-ring (bicyclic) bond motifs is 1. The number of rotatable bonds is 4. The van der Waals surface area contributed by atoms with Crippen LogP contribution >= 0.6 is 0 Å². The van der Waals surface area contributed by atoms with Gasteiger partial charge in [-0.3, -0.25) is 4.79 Å². The van der Waals surface area contributed by atoms with Crippen molar-refractivity contribution < 1.29 is 4.79 Å². The molecular formula is C21H22N2O. The molecule has 2 aromatic carbocycles. The normalized spacial score (nSPS) is 12.1. The van der Waals surface area contributed by atoms with Gasteiger partial charge in [-0.05, 0) is 31.2 Å². The summed E-state index contributed by atoms with van der Waals surface area (Å²) in [7, 11) is 0. The zero-order valence-electron chi connectivity index (χ0n) is 14.3. The summed E-state index contributed by atoms with van der Waals surface area (Å²) in [4.78, 5) is 17.4. The maximum Gasteiger partial charge on any atom is 0.270 e. The van der Waals surface area contributed by atoms with Crippen molar-refractivity contribution in [3.63, 3.8) is 0 Å². The number of carbonyl (C=O) groups excluding carboxylic acids is 1. The molecule has 0 aliphatic carbocycles. The molecule has 3 heteroatoms. The summed E-state index contributed by atoms with van der Waals surface area (Å²) >= 11 is 0. The second kappa shape index (κ2) is 6.83. The van der Waals surface area contributed by atoms with Gasteiger partial charge in [-0.1, -0.05) is 61.5 Å². The van der Waals surface area contributed by atoms with Crippen LogP contribution < -0.4 is 5.32 Å². The fourth-order valence-corrected chi connectivity index (χ4v) is 2.83. The van der Waals surface area contributed by atoms with Gasteiger partial charge in [0.15, 0.2) is 0 Å². The van der Waals surface area contributed by atoms with E-state index in [1.54, 1.807) is 0 Å². The minimum atomic E-state index is -0.107. The molecule has 1 N–H and O–H groups in total. The summed E-state index contributed by atoms with van der Waals surface area (Å²) in [5.41, 5.74) is 3.30. The number of carbonyl (C=O) groups is 1. The first-order valence-electron chi connectivity index (χ1n) is 8.37. The van der Waals surface area contributed by atoms with Gasteiger partial charge in [0.25, 0.3) is 5.91 Å². The lowest BCUT2D eigenvalue weighted by atomic mass is 9.98. The molecule has 0 bridgehead atoms. The second-order valence-electron chi connectivity index (χ2n) is 6.13. The first-order valence-corrected chi connectivity index (χ1v) is 8.37. The molecule has 0 saturated heterocycles. The summed E-state index contributed by atoms with van der Waals surface area (Å²) in [6.45, 7) is 6.03. The van der Waals surface area contributed by atoms with Crippen LogP contribution in [0.15, 0.2) is 54.6 Å². The van der Waals surface area contributed by atoms with Gasteiger partial charge in [0.05, 0.1) is 5.69 Å². The van der Waals surface area contributed by atoms with Crippen molar-refractivity contribution in [1.29, 1.82) is 0 Å². The molecule has 0 fully saturated rings. The molecule has 0 saturated carbocycles. The van der Waals surface area contributed by atoms with Gasteiger partial charge >= 0.3 is 0 Å². The van der Waals surface area contributed by atoms with E-state index in [1.807, 2.05) is 56.3 Å². The van der Waals surface area contributed by atoms with Gasteiger partial charge in [0, 0.05) is 17.0 Å². The van der Waals surface area contributed by atoms with Gasteiger partial charge in [0.2, 0.25) is 0 Å². The quantitative estimate of drug-likeness (QED) is 0.755. The number of hydrogen-bond donors (Lipinski definition) is 1. The van der Waals surface area contributed by atoms with Gasteiger partial charge < -0.3 is 5.32 Å². The highest BCUT2D eigenvalue weighted by Gasteiger charge is 2.18. The van der Waals surface area contributed by atoms with Crippen molar-refractivity contribution in [3.8, 4) is 11.3 Å². The van der Waals surface area contributed by atoms with E-state index >= 15 is 0 Å². The first kappa shape index (κ1) is 16.2. The van der Waals surface area contributed by atoms with Crippen molar-refractivity contribution >= 4 is 16.7 Å². The van der Waals surface area contributed by atoms with E-state index < -0.39 is 0 Å². The zero-order chi connectivity index (χ0) is 17.1. The fourth-order valence-electron chi connectivity index (χ4n) is 2.83. The molecule has 24 heavy (non-hydrogen) atoms. The molecule has 0 spiro atoms. The van der Waals surface area contributed by atoms with Crippen molar-refractivity contribution in [3.05, 3.63) is 65.9 Å². The summed E-state index contributed by atoms with van der Waals surface area (Å²) in [5.74, 6) is -0.107. The maximum absolute atomic E-state index is 12.7. The van der Waals surface area contributed by atoms with E-state index in [2.05, 4.69) is 24.4 Å². The molecule has 0 radical (unpaired) electrons. The molecule has 1 heterocycles. The highest BCUT2D eigenvalue weighted by atomic mass is 16.1. The number of benzene rings is 2. The number of pyridine rings is 1. The minimum absolute atomic E-state index is 0.107. The van der Waals surface area contributed by atoms with E-state index in [0.717, 1.165) is 34.0 Å². The molecule has 122 valence electrons. The average Bonchev–Trinajstić information content (AvgIpc) is 2.62. The molecule has 0 aliphatic heterocycles. The van der Waals surface area contributed by atoms with Gasteiger partial charge in [-0.25, -0.2) is 4.98 Å². The lowest BCUT2D eigenvalue weighted by Gasteiger charge is -2.16. The largest absolute Gasteiger partial charge is 0.348 e. The van der Waals surface area contributed by atoms with Crippen LogP contribution in [0.3, 0.4) is 0 Å². The van der Waals surface area contributed by atoms with Crippen LogP contribution in [0.4, 0.5) is 0 Å². The maximum atomic E-state index is 12.7. The second-order valence-corrected chi connectivity index (χ2v) is 6.13. The van der Waals surface area contributed by atoms with E-state index in [4.69, 9.17) is 4.98 Å². The standard InChI is InChI=1S/C21H22N2O/c1-4-14(2)22-21(24)19-15(3)17-12-8-9-13-18(17)20(23-19)16-10-6-5-7-11-16/h5-14H,4H2,1-3H3,(H,22,24)/t14-/m1/s1. The highest BCUT2D eigenvalue weighted by Crippen LogP contribution is 2.30. The number of aromatic nitrogens is 1. The third kappa shape index (κ3) is 3.02. The Labute approximate surface area is 142 Å². The lowest BCUT2D eigenvalue weighted by molar-refractivity contribution is 0.0934. The molecule has 3 aromatic rings. The third-order valence-electron chi connectivity index (χ3n) is 4.42. The molecule has 1 atom stereocenters. The van der Waals surface area contributed by atoms with Crippen molar-refractivity contribution in [1.82, 2.24) is 10.3 Å². The fraction of sp³-hybridized carbons (Fsp3) is 0.238. The Morgan fingerprint density at radius 2 is 1.67 bits per heavy atom. The van der Waals surface area contributed by atoms with Crippen molar-refractivity contribution in [2.45, 2.75) is 33.2 Å². The minimum Gasteiger partial charge on any atom is -0.348 e. The Morgan fingerprint density at radius 1 is 1.04 bits per heavy atom. The third-order valence-corrected chi connectivity index (χ3v) is 4.42. The Kier molecular flexibility index (Phi) is 4.61. The molecular weight excluding hydrogens is 296 g/mol.